The molecule has 0 aliphatic rings. The fourth-order valence-electron chi connectivity index (χ4n) is 0.997. The zero-order chi connectivity index (χ0) is 9.26. The van der Waals surface area contributed by atoms with Crippen molar-refractivity contribution in [2.45, 2.75) is 6.92 Å². The predicted octanol–water partition coefficient (Wildman–Crippen LogP) is 2.61. The van der Waals surface area contributed by atoms with Crippen molar-refractivity contribution in [1.29, 1.82) is 0 Å². The highest BCUT2D eigenvalue weighted by Gasteiger charge is 2.07. The summed E-state index contributed by atoms with van der Waals surface area (Å²) >= 11 is 1.42. The van der Waals surface area contributed by atoms with E-state index < -0.39 is 0 Å². The molecule has 0 spiro atoms. The molecule has 0 aromatic carbocycles. The average molecular weight is 193 g/mol. The molecule has 0 atom stereocenters. The van der Waals surface area contributed by atoms with Gasteiger partial charge in [-0.3, -0.25) is 4.79 Å². The zero-order valence-corrected chi connectivity index (χ0v) is 7.80. The van der Waals surface area contributed by atoms with Gasteiger partial charge in [-0.15, -0.1) is 11.3 Å². The molecule has 0 unspecified atom stereocenters. The molecule has 0 saturated heterocycles. The van der Waals surface area contributed by atoms with E-state index in [0.29, 0.717) is 5.76 Å². The number of carbonyl (C=O) groups excluding carboxylic acids is 1. The molecule has 13 heavy (non-hydrogen) atoms. The van der Waals surface area contributed by atoms with E-state index in [4.69, 9.17) is 4.42 Å². The molecule has 0 amide bonds. The summed E-state index contributed by atoms with van der Waals surface area (Å²) in [6.07, 6.45) is 3.01. The lowest BCUT2D eigenvalue weighted by Gasteiger charge is -1.86. The number of hydrogen-bond acceptors (Lipinski definition) is 4. The van der Waals surface area contributed by atoms with E-state index in [1.807, 2.05) is 6.07 Å². The van der Waals surface area contributed by atoms with Gasteiger partial charge >= 0.3 is 0 Å². The summed E-state index contributed by atoms with van der Waals surface area (Å²) in [7, 11) is 0. The lowest BCUT2D eigenvalue weighted by atomic mass is 10.3. The Kier molecular flexibility index (Phi) is 1.98. The molecular formula is C9H7NO2S. The van der Waals surface area contributed by atoms with Crippen LogP contribution in [0.1, 0.15) is 16.6 Å². The smallest absolute Gasteiger partial charge is 0.181 e. The van der Waals surface area contributed by atoms with Gasteiger partial charge in [0, 0.05) is 0 Å². The third-order valence-corrected chi connectivity index (χ3v) is 2.83. The first-order valence-electron chi connectivity index (χ1n) is 3.77. The van der Waals surface area contributed by atoms with E-state index in [9.17, 15) is 4.79 Å². The number of rotatable bonds is 2. The van der Waals surface area contributed by atoms with Gasteiger partial charge in [-0.25, -0.2) is 4.98 Å². The molecule has 2 heterocycles. The monoisotopic (exact) mass is 193 g/mol. The zero-order valence-electron chi connectivity index (χ0n) is 6.98. The SMILES string of the molecule is CC(=O)c1ccc(-c2cnco2)s1. The van der Waals surface area contributed by atoms with Gasteiger partial charge in [0.25, 0.3) is 0 Å². The minimum absolute atomic E-state index is 0.0794. The van der Waals surface area contributed by atoms with Gasteiger partial charge in [0.2, 0.25) is 0 Å². The molecule has 0 radical (unpaired) electrons. The van der Waals surface area contributed by atoms with Crippen molar-refractivity contribution in [3.8, 4) is 10.6 Å². The van der Waals surface area contributed by atoms with Crippen molar-refractivity contribution >= 4 is 17.1 Å². The summed E-state index contributed by atoms with van der Waals surface area (Å²) in [5.41, 5.74) is 0. The van der Waals surface area contributed by atoms with Crippen molar-refractivity contribution in [2.24, 2.45) is 0 Å². The largest absolute Gasteiger partial charge is 0.443 e. The minimum Gasteiger partial charge on any atom is -0.443 e. The van der Waals surface area contributed by atoms with Gasteiger partial charge in [-0.05, 0) is 19.1 Å². The summed E-state index contributed by atoms with van der Waals surface area (Å²) in [5.74, 6) is 0.785. The third kappa shape index (κ3) is 1.53. The molecular weight excluding hydrogens is 186 g/mol. The molecule has 0 fully saturated rings. The van der Waals surface area contributed by atoms with Crippen LogP contribution in [0.2, 0.25) is 0 Å². The molecule has 0 aliphatic carbocycles. The van der Waals surface area contributed by atoms with Gasteiger partial charge in [-0.2, -0.15) is 0 Å². The molecule has 2 rings (SSSR count). The molecule has 66 valence electrons. The lowest BCUT2D eigenvalue weighted by molar-refractivity contribution is 0.102. The first-order chi connectivity index (χ1) is 6.27. The normalized spacial score (nSPS) is 10.2. The summed E-state index contributed by atoms with van der Waals surface area (Å²) in [6, 6.07) is 3.66. The maximum Gasteiger partial charge on any atom is 0.181 e. The van der Waals surface area contributed by atoms with Crippen LogP contribution in [0.25, 0.3) is 10.6 Å². The molecule has 0 saturated carbocycles. The number of oxazole rings is 1. The highest BCUT2D eigenvalue weighted by molar-refractivity contribution is 7.17. The standard InChI is InChI=1S/C9H7NO2S/c1-6(11)8-2-3-9(13-8)7-4-10-5-12-7/h2-5H,1H3. The van der Waals surface area contributed by atoms with Gasteiger partial charge in [0.1, 0.15) is 0 Å². The molecule has 3 nitrogen and oxygen atoms in total. The van der Waals surface area contributed by atoms with Crippen LogP contribution in [0.5, 0.6) is 0 Å². The third-order valence-electron chi connectivity index (χ3n) is 1.63. The Bertz CT molecular complexity index is 417. The first-order valence-corrected chi connectivity index (χ1v) is 4.58. The van der Waals surface area contributed by atoms with Crippen molar-refractivity contribution in [1.82, 2.24) is 4.98 Å². The second-order valence-corrected chi connectivity index (χ2v) is 3.67. The second-order valence-electron chi connectivity index (χ2n) is 2.59. The van der Waals surface area contributed by atoms with E-state index in [1.165, 1.54) is 17.7 Å². The van der Waals surface area contributed by atoms with Crippen molar-refractivity contribution in [3.63, 3.8) is 0 Å². The summed E-state index contributed by atoms with van der Waals surface area (Å²) in [6.45, 7) is 1.55. The van der Waals surface area contributed by atoms with Crippen molar-refractivity contribution in [2.75, 3.05) is 0 Å². The van der Waals surface area contributed by atoms with Crippen LogP contribution in [0.4, 0.5) is 0 Å². The van der Waals surface area contributed by atoms with Gasteiger partial charge < -0.3 is 4.42 Å². The summed E-state index contributed by atoms with van der Waals surface area (Å²) < 4.78 is 5.10. The number of ketones is 1. The van der Waals surface area contributed by atoms with Crippen LogP contribution >= 0.6 is 11.3 Å². The Morgan fingerprint density at radius 2 is 2.38 bits per heavy atom. The summed E-state index contributed by atoms with van der Waals surface area (Å²) in [4.78, 5) is 16.5. The van der Waals surface area contributed by atoms with E-state index in [2.05, 4.69) is 4.98 Å². The second kappa shape index (κ2) is 3.14. The molecule has 4 heteroatoms. The number of carbonyl (C=O) groups is 1. The highest BCUT2D eigenvalue weighted by Crippen LogP contribution is 2.27. The van der Waals surface area contributed by atoms with Crippen LogP contribution in [0.15, 0.2) is 29.1 Å². The molecule has 2 aromatic rings. The first kappa shape index (κ1) is 8.19. The molecule has 2 aromatic heterocycles. The Morgan fingerprint density at radius 1 is 1.54 bits per heavy atom. The topological polar surface area (TPSA) is 43.1 Å². The minimum atomic E-state index is 0.0794. The highest BCUT2D eigenvalue weighted by atomic mass is 32.1. The maximum atomic E-state index is 11.0. The van der Waals surface area contributed by atoms with Gasteiger partial charge in [-0.1, -0.05) is 0 Å². The molecule has 0 aliphatic heterocycles. The van der Waals surface area contributed by atoms with Gasteiger partial charge in [0.15, 0.2) is 17.9 Å². The number of nitrogens with zero attached hydrogens (tertiary/aromatic N) is 1. The average Bonchev–Trinajstić information content (AvgIpc) is 2.75. The van der Waals surface area contributed by atoms with Gasteiger partial charge in [0.05, 0.1) is 16.0 Å². The van der Waals surface area contributed by atoms with Crippen LogP contribution in [-0.2, 0) is 0 Å². The number of thiophene rings is 1. The van der Waals surface area contributed by atoms with E-state index in [0.717, 1.165) is 9.75 Å². The number of aromatic nitrogens is 1. The summed E-state index contributed by atoms with van der Waals surface area (Å²) in [5, 5.41) is 0. The Morgan fingerprint density at radius 3 is 2.92 bits per heavy atom. The lowest BCUT2D eigenvalue weighted by Crippen LogP contribution is -1.83. The van der Waals surface area contributed by atoms with Crippen molar-refractivity contribution < 1.29 is 9.21 Å². The fraction of sp³-hybridized carbons (Fsp3) is 0.111. The van der Waals surface area contributed by atoms with E-state index >= 15 is 0 Å². The molecule has 0 bridgehead atoms. The van der Waals surface area contributed by atoms with E-state index in [-0.39, 0.29) is 5.78 Å². The quantitative estimate of drug-likeness (QED) is 0.688. The number of hydrogen-bond donors (Lipinski definition) is 0. The van der Waals surface area contributed by atoms with Crippen LogP contribution in [-0.4, -0.2) is 10.8 Å². The maximum absolute atomic E-state index is 11.0. The van der Waals surface area contributed by atoms with Crippen molar-refractivity contribution in [3.05, 3.63) is 29.6 Å². The number of Topliss-reactive ketones (excluding diaryl/α,β-unsaturated/α-hetero) is 1. The van der Waals surface area contributed by atoms with E-state index in [1.54, 1.807) is 19.2 Å². The van der Waals surface area contributed by atoms with Crippen LogP contribution in [0, 0.1) is 0 Å². The Labute approximate surface area is 79.0 Å². The fourth-order valence-corrected chi connectivity index (χ4v) is 1.85. The van der Waals surface area contributed by atoms with Crippen LogP contribution < -0.4 is 0 Å². The predicted molar refractivity (Wildman–Crippen MR) is 49.8 cm³/mol. The molecule has 0 N–H and O–H groups in total. The van der Waals surface area contributed by atoms with Crippen LogP contribution in [0.3, 0.4) is 0 Å². The Balaban J connectivity index is 2.39. The Hall–Kier alpha value is -1.42.